The second kappa shape index (κ2) is 7.89. The van der Waals surface area contributed by atoms with Crippen molar-refractivity contribution in [3.8, 4) is 5.75 Å². The van der Waals surface area contributed by atoms with Gasteiger partial charge in [-0.25, -0.2) is 0 Å². The number of hydrogen-bond acceptors (Lipinski definition) is 5. The van der Waals surface area contributed by atoms with Crippen molar-refractivity contribution in [2.75, 3.05) is 0 Å². The molecule has 0 N–H and O–H groups in total. The molecule has 0 atom stereocenters. The summed E-state index contributed by atoms with van der Waals surface area (Å²) in [5.41, 5.74) is 2.01. The van der Waals surface area contributed by atoms with Gasteiger partial charge in [0.05, 0.1) is 0 Å². The Labute approximate surface area is 133 Å². The lowest BCUT2D eigenvalue weighted by atomic mass is 9.92. The van der Waals surface area contributed by atoms with Gasteiger partial charge in [-0.1, -0.05) is 27.7 Å². The zero-order valence-corrected chi connectivity index (χ0v) is 14.0. The largest absolute Gasteiger partial charge is 0.318 e. The van der Waals surface area contributed by atoms with E-state index in [1.807, 2.05) is 27.7 Å². The first-order valence-corrected chi connectivity index (χ1v) is 7.59. The minimum Gasteiger partial charge on any atom is -0.307 e. The highest BCUT2D eigenvalue weighted by Crippen LogP contribution is 2.36. The minimum absolute atomic E-state index is 0.0521. The Bertz CT molecular complexity index is 484. The maximum atomic E-state index is 12.6. The van der Waals surface area contributed by atoms with Gasteiger partial charge in [0.15, 0.2) is 5.75 Å². The molecule has 0 aliphatic rings. The Morgan fingerprint density at radius 2 is 1.64 bits per heavy atom. The Kier molecular flexibility index (Phi) is 6.77. The van der Waals surface area contributed by atoms with Crippen LogP contribution in [0.25, 0.3) is 0 Å². The number of carbonyl (C=O) groups excluding carboxylic acids is 1. The Morgan fingerprint density at radius 1 is 1.14 bits per heavy atom. The third-order valence-electron chi connectivity index (χ3n) is 2.87. The normalized spacial score (nSPS) is 12.0. The predicted octanol–water partition coefficient (Wildman–Crippen LogP) is 5.25. The van der Waals surface area contributed by atoms with Gasteiger partial charge in [0, 0.05) is 23.6 Å². The number of rotatable bonds is 8. The van der Waals surface area contributed by atoms with E-state index in [0.717, 1.165) is 17.4 Å². The number of hydrogen-bond donors (Lipinski definition) is 0. The topological polar surface area (TPSA) is 44.8 Å². The molecular formula is C15H20F2O4S. The highest BCUT2D eigenvalue weighted by molar-refractivity contribution is 7.95. The van der Waals surface area contributed by atoms with Crippen molar-refractivity contribution in [1.82, 2.24) is 0 Å². The third-order valence-corrected chi connectivity index (χ3v) is 3.29. The maximum absolute atomic E-state index is 12.6. The third kappa shape index (κ3) is 5.55. The van der Waals surface area contributed by atoms with Crippen LogP contribution >= 0.6 is 12.0 Å². The average molecular weight is 334 g/mol. The second-order valence-corrected chi connectivity index (χ2v) is 6.59. The smallest absolute Gasteiger partial charge is 0.307 e. The fourth-order valence-electron chi connectivity index (χ4n) is 1.84. The van der Waals surface area contributed by atoms with Gasteiger partial charge in [-0.2, -0.15) is 8.78 Å². The summed E-state index contributed by atoms with van der Waals surface area (Å²) < 4.78 is 29.6. The molecule has 1 aromatic rings. The predicted molar refractivity (Wildman–Crippen MR) is 81.0 cm³/mol. The van der Waals surface area contributed by atoms with E-state index in [0.29, 0.717) is 18.2 Å². The van der Waals surface area contributed by atoms with Crippen molar-refractivity contribution in [1.29, 1.82) is 0 Å². The summed E-state index contributed by atoms with van der Waals surface area (Å²) in [6, 6.07) is 3.37. The molecule has 0 spiro atoms. The van der Waals surface area contributed by atoms with Gasteiger partial charge in [-0.15, -0.1) is 4.33 Å². The van der Waals surface area contributed by atoms with Crippen LogP contribution in [0.2, 0.25) is 0 Å². The van der Waals surface area contributed by atoms with Crippen molar-refractivity contribution in [3.63, 3.8) is 0 Å². The summed E-state index contributed by atoms with van der Waals surface area (Å²) in [4.78, 5) is 16.1. The van der Waals surface area contributed by atoms with Gasteiger partial charge >= 0.3 is 5.25 Å². The van der Waals surface area contributed by atoms with Crippen molar-refractivity contribution >= 4 is 18.3 Å². The molecule has 0 saturated heterocycles. The molecule has 0 amide bonds. The molecule has 7 heteroatoms. The summed E-state index contributed by atoms with van der Waals surface area (Å²) in [6.07, 6.45) is 0.756. The van der Waals surface area contributed by atoms with Crippen LogP contribution in [0, 0.1) is 0 Å². The summed E-state index contributed by atoms with van der Waals surface area (Å²) >= 11 is -0.148. The SMILES string of the molecule is CC(C)c1cc(C=O)cc(C(C)C)c1OOOSC(C)(F)F. The number of benzene rings is 1. The van der Waals surface area contributed by atoms with Crippen molar-refractivity contribution in [3.05, 3.63) is 28.8 Å². The van der Waals surface area contributed by atoms with Gasteiger partial charge in [0.1, 0.15) is 18.3 Å². The molecule has 0 unspecified atom stereocenters. The molecular weight excluding hydrogens is 314 g/mol. The molecule has 0 heterocycles. The first-order valence-electron chi connectivity index (χ1n) is 6.85. The summed E-state index contributed by atoms with van der Waals surface area (Å²) in [7, 11) is 0. The van der Waals surface area contributed by atoms with E-state index in [9.17, 15) is 13.6 Å². The van der Waals surface area contributed by atoms with Gasteiger partial charge in [0.25, 0.3) is 0 Å². The van der Waals surface area contributed by atoms with Crippen molar-refractivity contribution in [2.24, 2.45) is 0 Å². The molecule has 0 fully saturated rings. The number of carbonyl (C=O) groups is 1. The summed E-state index contributed by atoms with van der Waals surface area (Å²) in [5, 5.41) is 1.35. The molecule has 0 radical (unpaired) electrons. The number of halogens is 2. The molecule has 0 aliphatic heterocycles. The van der Waals surface area contributed by atoms with Gasteiger partial charge in [0.2, 0.25) is 0 Å². The fraction of sp³-hybridized carbons (Fsp3) is 0.533. The van der Waals surface area contributed by atoms with E-state index in [4.69, 9.17) is 4.89 Å². The molecule has 0 aromatic heterocycles. The first-order chi connectivity index (χ1) is 10.2. The summed E-state index contributed by atoms with van der Waals surface area (Å²) in [5.74, 6) is 0.489. The van der Waals surface area contributed by atoms with E-state index >= 15 is 0 Å². The molecule has 22 heavy (non-hydrogen) atoms. The minimum atomic E-state index is -3.09. The Balaban J connectivity index is 3.01. The van der Waals surface area contributed by atoms with Crippen LogP contribution < -0.4 is 4.89 Å². The van der Waals surface area contributed by atoms with Crippen molar-refractivity contribution < 1.29 is 27.8 Å². The zero-order valence-electron chi connectivity index (χ0n) is 13.2. The van der Waals surface area contributed by atoms with Crippen LogP contribution in [0.5, 0.6) is 5.75 Å². The van der Waals surface area contributed by atoms with E-state index in [-0.39, 0.29) is 23.9 Å². The van der Waals surface area contributed by atoms with E-state index < -0.39 is 5.25 Å². The summed E-state index contributed by atoms with van der Waals surface area (Å²) in [6.45, 7) is 8.39. The molecule has 1 rings (SSSR count). The van der Waals surface area contributed by atoms with Gasteiger partial charge in [-0.3, -0.25) is 4.79 Å². The quantitative estimate of drug-likeness (QED) is 0.214. The fourth-order valence-corrected chi connectivity index (χ4v) is 2.02. The lowest BCUT2D eigenvalue weighted by Crippen LogP contribution is -2.08. The van der Waals surface area contributed by atoms with E-state index in [1.165, 1.54) is 0 Å². The van der Waals surface area contributed by atoms with Crippen LogP contribution in [0.4, 0.5) is 8.78 Å². The van der Waals surface area contributed by atoms with E-state index in [2.05, 4.69) is 9.37 Å². The standard InChI is InChI=1S/C15H20F2O4S/c1-9(2)12-6-11(8-18)7-13(10(3)4)14(12)19-20-21-22-15(5,16)17/h6-10H,1-5H3. The highest BCUT2D eigenvalue weighted by atomic mass is 32.2. The first kappa shape index (κ1) is 18.9. The van der Waals surface area contributed by atoms with Crippen LogP contribution in [0.15, 0.2) is 12.1 Å². The van der Waals surface area contributed by atoms with Crippen molar-refractivity contribution in [2.45, 2.75) is 51.7 Å². The Hall–Kier alpha value is -1.18. The van der Waals surface area contributed by atoms with Crippen LogP contribution in [0.1, 0.15) is 67.9 Å². The van der Waals surface area contributed by atoms with Crippen LogP contribution in [-0.4, -0.2) is 11.5 Å². The molecule has 0 bridgehead atoms. The van der Waals surface area contributed by atoms with E-state index in [1.54, 1.807) is 12.1 Å². The molecule has 124 valence electrons. The van der Waals surface area contributed by atoms with Crippen LogP contribution in [-0.2, 0) is 9.37 Å². The maximum Gasteiger partial charge on any atom is 0.318 e. The monoisotopic (exact) mass is 334 g/mol. The van der Waals surface area contributed by atoms with Crippen LogP contribution in [0.3, 0.4) is 0 Å². The molecule has 0 saturated carbocycles. The molecule has 1 aromatic carbocycles. The lowest BCUT2D eigenvalue weighted by Gasteiger charge is -2.18. The zero-order chi connectivity index (χ0) is 16.9. The Morgan fingerprint density at radius 3 is 2.00 bits per heavy atom. The molecule has 4 nitrogen and oxygen atoms in total. The van der Waals surface area contributed by atoms with Gasteiger partial charge in [-0.05, 0) is 29.0 Å². The van der Waals surface area contributed by atoms with Gasteiger partial charge < -0.3 is 4.89 Å². The molecule has 0 aliphatic carbocycles. The number of alkyl halides is 2. The highest BCUT2D eigenvalue weighted by Gasteiger charge is 2.25. The number of aldehydes is 1. The second-order valence-electron chi connectivity index (χ2n) is 5.57. The average Bonchev–Trinajstić information content (AvgIpc) is 2.41. The lowest BCUT2D eigenvalue weighted by molar-refractivity contribution is -0.405.